The second-order valence-corrected chi connectivity index (χ2v) is 5.29. The van der Waals surface area contributed by atoms with Crippen molar-refractivity contribution in [1.82, 2.24) is 0 Å². The molecule has 2 aromatic carbocycles. The quantitative estimate of drug-likeness (QED) is 0.807. The standard InChI is InChI=1S/C15H13AsN2O3/c1-21-13-7-4-10(8-12(13)16)15(20)18-11-5-2-9(3-6-11)14(17)19/h2-8H,1H3,(H2,17,19)(H,18,20). The third-order valence-corrected chi connectivity index (χ3v) is 3.60. The second kappa shape index (κ2) is 6.46. The number of rotatable bonds is 4. The topological polar surface area (TPSA) is 81.4 Å². The molecule has 0 aliphatic heterocycles. The third kappa shape index (κ3) is 3.64. The first-order chi connectivity index (χ1) is 10.0. The fourth-order valence-electron chi connectivity index (χ4n) is 1.75. The van der Waals surface area contributed by atoms with Gasteiger partial charge in [-0.05, 0) is 0 Å². The van der Waals surface area contributed by atoms with Crippen molar-refractivity contribution in [2.75, 3.05) is 12.4 Å². The number of ether oxygens (including phenoxy) is 1. The molecule has 0 bridgehead atoms. The van der Waals surface area contributed by atoms with Crippen molar-refractivity contribution >= 4 is 38.7 Å². The zero-order chi connectivity index (χ0) is 15.4. The molecule has 2 amide bonds. The molecular formula is C15H13AsN2O3. The third-order valence-electron chi connectivity index (χ3n) is 2.87. The van der Waals surface area contributed by atoms with Crippen molar-refractivity contribution in [1.29, 1.82) is 0 Å². The van der Waals surface area contributed by atoms with Gasteiger partial charge in [0, 0.05) is 0 Å². The van der Waals surface area contributed by atoms with Crippen LogP contribution in [0, 0.1) is 0 Å². The molecule has 6 heteroatoms. The average Bonchev–Trinajstić information content (AvgIpc) is 2.47. The fraction of sp³-hybridized carbons (Fsp3) is 0.0667. The molecule has 0 unspecified atom stereocenters. The summed E-state index contributed by atoms with van der Waals surface area (Å²) in [5.74, 6) is -0.0365. The molecule has 2 aromatic rings. The molecule has 0 aromatic heterocycles. The Morgan fingerprint density at radius 1 is 1.10 bits per heavy atom. The Hall–Kier alpha value is -2.26. The van der Waals surface area contributed by atoms with E-state index in [2.05, 4.69) is 22.2 Å². The van der Waals surface area contributed by atoms with Crippen molar-refractivity contribution in [2.24, 2.45) is 5.73 Å². The van der Waals surface area contributed by atoms with Gasteiger partial charge >= 0.3 is 131 Å². The first kappa shape index (κ1) is 15.1. The van der Waals surface area contributed by atoms with Crippen molar-refractivity contribution in [2.45, 2.75) is 0 Å². The Bertz CT molecular complexity index is 684. The molecule has 0 heterocycles. The molecule has 0 spiro atoms. The van der Waals surface area contributed by atoms with Crippen LogP contribution < -0.4 is 20.1 Å². The molecule has 0 fully saturated rings. The summed E-state index contributed by atoms with van der Waals surface area (Å²) in [6.45, 7) is 0. The monoisotopic (exact) mass is 344 g/mol. The molecule has 2 rings (SSSR count). The number of nitrogens with one attached hydrogen (secondary N) is 1. The van der Waals surface area contributed by atoms with Crippen LogP contribution in [0.25, 0.3) is 0 Å². The van der Waals surface area contributed by atoms with Crippen LogP contribution in [-0.4, -0.2) is 35.8 Å². The number of primary amides is 1. The van der Waals surface area contributed by atoms with Gasteiger partial charge < -0.3 is 0 Å². The number of carbonyl (C=O) groups is 2. The predicted octanol–water partition coefficient (Wildman–Crippen LogP) is 0.840. The summed E-state index contributed by atoms with van der Waals surface area (Å²) in [4.78, 5) is 23.1. The number of nitrogens with two attached hydrogens (primary N) is 1. The van der Waals surface area contributed by atoms with Crippen LogP contribution in [0.15, 0.2) is 42.5 Å². The van der Waals surface area contributed by atoms with Gasteiger partial charge in [0.2, 0.25) is 0 Å². The van der Waals surface area contributed by atoms with Gasteiger partial charge in [-0.25, -0.2) is 0 Å². The number of anilines is 1. The Morgan fingerprint density at radius 2 is 1.71 bits per heavy atom. The summed E-state index contributed by atoms with van der Waals surface area (Å²) in [6, 6.07) is 11.5. The summed E-state index contributed by atoms with van der Waals surface area (Å²) >= 11 is 2.36. The molecule has 0 aliphatic carbocycles. The van der Waals surface area contributed by atoms with Crippen LogP contribution in [0.4, 0.5) is 5.69 Å². The van der Waals surface area contributed by atoms with E-state index in [9.17, 15) is 9.59 Å². The molecule has 2 radical (unpaired) electrons. The van der Waals surface area contributed by atoms with Crippen LogP contribution in [-0.2, 0) is 0 Å². The maximum atomic E-state index is 12.1. The van der Waals surface area contributed by atoms with Crippen molar-refractivity contribution in [3.63, 3.8) is 0 Å². The Kier molecular flexibility index (Phi) is 4.65. The van der Waals surface area contributed by atoms with Crippen molar-refractivity contribution in [3.8, 4) is 5.75 Å². The number of carbonyl (C=O) groups excluding carboxylic acids is 2. The van der Waals surface area contributed by atoms with Gasteiger partial charge in [-0.15, -0.1) is 0 Å². The van der Waals surface area contributed by atoms with E-state index >= 15 is 0 Å². The van der Waals surface area contributed by atoms with Gasteiger partial charge in [0.25, 0.3) is 0 Å². The summed E-state index contributed by atoms with van der Waals surface area (Å²) < 4.78 is 5.96. The minimum absolute atomic E-state index is 0.239. The van der Waals surface area contributed by atoms with E-state index < -0.39 is 5.91 Å². The Morgan fingerprint density at radius 3 is 2.24 bits per heavy atom. The zero-order valence-electron chi connectivity index (χ0n) is 11.3. The second-order valence-electron chi connectivity index (χ2n) is 4.28. The van der Waals surface area contributed by atoms with E-state index in [4.69, 9.17) is 10.5 Å². The normalized spacial score (nSPS) is 10.0. The Balaban J connectivity index is 2.14. The Labute approximate surface area is 131 Å². The average molecular weight is 344 g/mol. The first-order valence-corrected chi connectivity index (χ1v) is 7.03. The zero-order valence-corrected chi connectivity index (χ0v) is 13.2. The molecule has 0 aliphatic rings. The van der Waals surface area contributed by atoms with Crippen LogP contribution >= 0.6 is 0 Å². The molecular weight excluding hydrogens is 331 g/mol. The molecule has 3 N–H and O–H groups in total. The van der Waals surface area contributed by atoms with E-state index in [0.717, 1.165) is 4.35 Å². The van der Waals surface area contributed by atoms with E-state index in [-0.39, 0.29) is 5.91 Å². The molecule has 106 valence electrons. The number of hydrogen-bond acceptors (Lipinski definition) is 3. The van der Waals surface area contributed by atoms with E-state index in [0.29, 0.717) is 22.6 Å². The number of amides is 2. The van der Waals surface area contributed by atoms with E-state index in [1.165, 1.54) is 0 Å². The molecule has 0 saturated carbocycles. The maximum absolute atomic E-state index is 12.1. The summed E-state index contributed by atoms with van der Waals surface area (Å²) in [5.41, 5.74) is 6.66. The SMILES string of the molecule is COc1ccc(C(=O)Nc2ccc(C(N)=O)cc2)cc1[As]. The van der Waals surface area contributed by atoms with E-state index in [1.54, 1.807) is 49.6 Å². The number of benzene rings is 2. The van der Waals surface area contributed by atoms with Crippen LogP contribution in [0.3, 0.4) is 0 Å². The van der Waals surface area contributed by atoms with Gasteiger partial charge in [0.15, 0.2) is 0 Å². The molecule has 0 atom stereocenters. The van der Waals surface area contributed by atoms with Crippen LogP contribution in [0.5, 0.6) is 5.75 Å². The summed E-state index contributed by atoms with van der Waals surface area (Å²) in [7, 11) is 1.58. The van der Waals surface area contributed by atoms with Crippen molar-refractivity contribution < 1.29 is 14.3 Å². The van der Waals surface area contributed by atoms with Crippen LogP contribution in [0.2, 0.25) is 0 Å². The van der Waals surface area contributed by atoms with Gasteiger partial charge in [-0.2, -0.15) is 0 Å². The minimum atomic E-state index is -0.503. The van der Waals surface area contributed by atoms with Gasteiger partial charge in [-0.1, -0.05) is 0 Å². The molecule has 0 saturated heterocycles. The summed E-state index contributed by atoms with van der Waals surface area (Å²) in [6.07, 6.45) is 0. The summed E-state index contributed by atoms with van der Waals surface area (Å²) in [5, 5.41) is 2.75. The van der Waals surface area contributed by atoms with E-state index in [1.807, 2.05) is 0 Å². The number of hydrogen-bond donors (Lipinski definition) is 2. The van der Waals surface area contributed by atoms with Gasteiger partial charge in [0.05, 0.1) is 0 Å². The van der Waals surface area contributed by atoms with Crippen molar-refractivity contribution in [3.05, 3.63) is 53.6 Å². The fourth-order valence-corrected chi connectivity index (χ4v) is 2.39. The first-order valence-electron chi connectivity index (χ1n) is 6.09. The predicted molar refractivity (Wildman–Crippen MR) is 81.3 cm³/mol. The van der Waals surface area contributed by atoms with Gasteiger partial charge in [0.1, 0.15) is 0 Å². The van der Waals surface area contributed by atoms with Gasteiger partial charge in [-0.3, -0.25) is 0 Å². The molecule has 5 nitrogen and oxygen atoms in total. The number of methoxy groups -OCH3 is 1. The molecule has 21 heavy (non-hydrogen) atoms. The van der Waals surface area contributed by atoms with Crippen LogP contribution in [0.1, 0.15) is 20.7 Å².